The molecule has 5 nitrogen and oxygen atoms in total. The van der Waals surface area contributed by atoms with Crippen molar-refractivity contribution in [2.24, 2.45) is 5.92 Å². The predicted molar refractivity (Wildman–Crippen MR) is 82.2 cm³/mol. The molecule has 6 heteroatoms. The van der Waals surface area contributed by atoms with Crippen LogP contribution in [0.3, 0.4) is 0 Å². The molecule has 1 aromatic heterocycles. The fraction of sp³-hybridized carbons (Fsp3) is 0.600. The first-order valence-corrected chi connectivity index (χ1v) is 8.16. The summed E-state index contributed by atoms with van der Waals surface area (Å²) >= 11 is 1.71. The number of nitrogens with zero attached hydrogens (tertiary/aromatic N) is 1. The molecule has 0 aromatic carbocycles. The number of carbonyl (C=O) groups excluding carboxylic acids is 2. The molecule has 0 spiro atoms. The maximum Gasteiger partial charge on any atom is 0.308 e. The molecule has 0 saturated carbocycles. The summed E-state index contributed by atoms with van der Waals surface area (Å²) in [6, 6.07) is 4.10. The van der Waals surface area contributed by atoms with Crippen LogP contribution in [-0.4, -0.2) is 50.1 Å². The molecule has 116 valence electrons. The zero-order valence-corrected chi connectivity index (χ0v) is 13.2. The Hall–Kier alpha value is -1.40. The average molecular weight is 310 g/mol. The average Bonchev–Trinajstić information content (AvgIpc) is 3.00. The Morgan fingerprint density at radius 3 is 2.81 bits per heavy atom. The molecule has 21 heavy (non-hydrogen) atoms. The van der Waals surface area contributed by atoms with Crippen molar-refractivity contribution in [1.82, 2.24) is 10.2 Å². The first-order chi connectivity index (χ1) is 10.2. The minimum absolute atomic E-state index is 0.00635. The largest absolute Gasteiger partial charge is 0.469 e. The number of rotatable bonds is 6. The van der Waals surface area contributed by atoms with Gasteiger partial charge in [0.05, 0.1) is 19.6 Å². The Bertz CT molecular complexity index is 453. The van der Waals surface area contributed by atoms with Crippen molar-refractivity contribution in [3.05, 3.63) is 22.4 Å². The van der Waals surface area contributed by atoms with Gasteiger partial charge in [-0.25, -0.2) is 0 Å². The lowest BCUT2D eigenvalue weighted by Gasteiger charge is -2.29. The van der Waals surface area contributed by atoms with Crippen molar-refractivity contribution in [2.45, 2.75) is 19.3 Å². The first kappa shape index (κ1) is 16.0. The van der Waals surface area contributed by atoms with E-state index in [-0.39, 0.29) is 17.8 Å². The molecule has 1 amide bonds. The SMILES string of the molecule is COC(=O)C1CCN(CC(=O)NCCc2cccs2)CC1. The van der Waals surface area contributed by atoms with E-state index in [9.17, 15) is 9.59 Å². The standard InChI is InChI=1S/C15H22N2O3S/c1-20-15(19)12-5-8-17(9-6-12)11-14(18)16-7-4-13-3-2-10-21-13/h2-3,10,12H,4-9,11H2,1H3,(H,16,18). The smallest absolute Gasteiger partial charge is 0.308 e. The van der Waals surface area contributed by atoms with Gasteiger partial charge in [-0.2, -0.15) is 0 Å². The van der Waals surface area contributed by atoms with Crippen LogP contribution in [0.5, 0.6) is 0 Å². The molecule has 1 N–H and O–H groups in total. The Kier molecular flexibility index (Phi) is 6.20. The van der Waals surface area contributed by atoms with E-state index in [1.54, 1.807) is 11.3 Å². The lowest BCUT2D eigenvalue weighted by molar-refractivity contribution is -0.147. The van der Waals surface area contributed by atoms with E-state index in [0.29, 0.717) is 13.1 Å². The van der Waals surface area contributed by atoms with Gasteiger partial charge in [-0.3, -0.25) is 14.5 Å². The number of likely N-dealkylation sites (tertiary alicyclic amines) is 1. The van der Waals surface area contributed by atoms with Gasteiger partial charge in [-0.05, 0) is 43.8 Å². The topological polar surface area (TPSA) is 58.6 Å². The summed E-state index contributed by atoms with van der Waals surface area (Å²) in [6.07, 6.45) is 2.43. The normalized spacial score (nSPS) is 16.6. The molecule has 2 heterocycles. The molecular formula is C15H22N2O3S. The van der Waals surface area contributed by atoms with E-state index in [0.717, 1.165) is 32.4 Å². The second kappa shape index (κ2) is 8.14. The van der Waals surface area contributed by atoms with E-state index < -0.39 is 0 Å². The Morgan fingerprint density at radius 1 is 1.43 bits per heavy atom. The summed E-state index contributed by atoms with van der Waals surface area (Å²) in [7, 11) is 1.43. The minimum atomic E-state index is -0.130. The molecule has 0 unspecified atom stereocenters. The van der Waals surface area contributed by atoms with Gasteiger partial charge in [0, 0.05) is 11.4 Å². The highest BCUT2D eigenvalue weighted by Gasteiger charge is 2.26. The van der Waals surface area contributed by atoms with Gasteiger partial charge in [0.25, 0.3) is 0 Å². The second-order valence-corrected chi connectivity index (χ2v) is 6.29. The molecule has 0 bridgehead atoms. The quantitative estimate of drug-likeness (QED) is 0.805. The van der Waals surface area contributed by atoms with Gasteiger partial charge in [-0.1, -0.05) is 6.07 Å². The van der Waals surface area contributed by atoms with Crippen molar-refractivity contribution < 1.29 is 14.3 Å². The van der Waals surface area contributed by atoms with E-state index >= 15 is 0 Å². The fourth-order valence-corrected chi connectivity index (χ4v) is 3.24. The zero-order valence-electron chi connectivity index (χ0n) is 12.3. The summed E-state index contributed by atoms with van der Waals surface area (Å²) in [5.41, 5.74) is 0. The number of carbonyl (C=O) groups is 2. The van der Waals surface area contributed by atoms with Gasteiger partial charge >= 0.3 is 5.97 Å². The van der Waals surface area contributed by atoms with Crippen LogP contribution in [-0.2, 0) is 20.7 Å². The third kappa shape index (κ3) is 5.13. The molecule has 0 atom stereocenters. The van der Waals surface area contributed by atoms with Crippen molar-refractivity contribution in [1.29, 1.82) is 0 Å². The summed E-state index contributed by atoms with van der Waals surface area (Å²) in [6.45, 7) is 2.65. The van der Waals surface area contributed by atoms with Gasteiger partial charge < -0.3 is 10.1 Å². The van der Waals surface area contributed by atoms with Crippen LogP contribution in [0.2, 0.25) is 0 Å². The van der Waals surface area contributed by atoms with Crippen LogP contribution in [0.4, 0.5) is 0 Å². The van der Waals surface area contributed by atoms with Gasteiger partial charge in [-0.15, -0.1) is 11.3 Å². The lowest BCUT2D eigenvalue weighted by atomic mass is 9.97. The van der Waals surface area contributed by atoms with Crippen LogP contribution < -0.4 is 5.32 Å². The Morgan fingerprint density at radius 2 is 2.19 bits per heavy atom. The fourth-order valence-electron chi connectivity index (χ4n) is 2.53. The van der Waals surface area contributed by atoms with Gasteiger partial charge in [0.1, 0.15) is 0 Å². The number of ether oxygens (including phenoxy) is 1. The monoisotopic (exact) mass is 310 g/mol. The third-order valence-corrected chi connectivity index (χ3v) is 4.70. The first-order valence-electron chi connectivity index (χ1n) is 7.28. The molecule has 2 rings (SSSR count). The number of methoxy groups -OCH3 is 1. The predicted octanol–water partition coefficient (Wildman–Crippen LogP) is 1.29. The number of hydrogen-bond acceptors (Lipinski definition) is 5. The number of piperidine rings is 1. The van der Waals surface area contributed by atoms with Crippen molar-refractivity contribution >= 4 is 23.2 Å². The van der Waals surface area contributed by atoms with E-state index in [4.69, 9.17) is 4.74 Å². The highest BCUT2D eigenvalue weighted by atomic mass is 32.1. The van der Waals surface area contributed by atoms with Crippen molar-refractivity contribution in [3.8, 4) is 0 Å². The van der Waals surface area contributed by atoms with Crippen LogP contribution in [0.25, 0.3) is 0 Å². The summed E-state index contributed by atoms with van der Waals surface area (Å²) < 4.78 is 4.76. The molecule has 0 radical (unpaired) electrons. The number of nitrogens with one attached hydrogen (secondary N) is 1. The van der Waals surface area contributed by atoms with Crippen LogP contribution in [0, 0.1) is 5.92 Å². The lowest BCUT2D eigenvalue weighted by Crippen LogP contribution is -2.43. The zero-order chi connectivity index (χ0) is 15.1. The van der Waals surface area contributed by atoms with E-state index in [2.05, 4.69) is 16.3 Å². The molecule has 1 saturated heterocycles. The highest BCUT2D eigenvalue weighted by molar-refractivity contribution is 7.09. The molecule has 1 aromatic rings. The minimum Gasteiger partial charge on any atom is -0.469 e. The molecule has 0 aliphatic carbocycles. The maximum atomic E-state index is 11.9. The highest BCUT2D eigenvalue weighted by Crippen LogP contribution is 2.17. The van der Waals surface area contributed by atoms with Crippen LogP contribution in [0.15, 0.2) is 17.5 Å². The van der Waals surface area contributed by atoms with Crippen LogP contribution >= 0.6 is 11.3 Å². The molecule has 1 fully saturated rings. The molecule has 1 aliphatic rings. The number of esters is 1. The molecule has 1 aliphatic heterocycles. The van der Waals surface area contributed by atoms with E-state index in [1.165, 1.54) is 12.0 Å². The summed E-state index contributed by atoms with van der Waals surface area (Å²) in [5.74, 6) is -0.0775. The number of amides is 1. The Balaban J connectivity index is 1.61. The molecular weight excluding hydrogens is 288 g/mol. The maximum absolute atomic E-state index is 11.9. The summed E-state index contributed by atoms with van der Waals surface area (Å²) in [4.78, 5) is 26.7. The van der Waals surface area contributed by atoms with Crippen molar-refractivity contribution in [2.75, 3.05) is 33.3 Å². The van der Waals surface area contributed by atoms with Crippen molar-refractivity contribution in [3.63, 3.8) is 0 Å². The third-order valence-electron chi connectivity index (χ3n) is 3.76. The Labute approximate surface area is 129 Å². The van der Waals surface area contributed by atoms with E-state index in [1.807, 2.05) is 11.4 Å². The van der Waals surface area contributed by atoms with Gasteiger partial charge in [0.2, 0.25) is 5.91 Å². The number of thiophene rings is 1. The summed E-state index contributed by atoms with van der Waals surface area (Å²) in [5, 5.41) is 4.99. The van der Waals surface area contributed by atoms with Gasteiger partial charge in [0.15, 0.2) is 0 Å². The second-order valence-electron chi connectivity index (χ2n) is 5.25. The number of hydrogen-bond donors (Lipinski definition) is 1. The van der Waals surface area contributed by atoms with Crippen LogP contribution in [0.1, 0.15) is 17.7 Å².